The van der Waals surface area contributed by atoms with Gasteiger partial charge in [-0.2, -0.15) is 0 Å². The van der Waals surface area contributed by atoms with Gasteiger partial charge in [-0.3, -0.25) is 19.1 Å². The van der Waals surface area contributed by atoms with Crippen molar-refractivity contribution < 1.29 is 19.1 Å². The first kappa shape index (κ1) is 20.3. The third kappa shape index (κ3) is 3.86. The minimum absolute atomic E-state index is 0.137. The van der Waals surface area contributed by atoms with Crippen molar-refractivity contribution in [1.82, 2.24) is 9.55 Å². The molecule has 0 unspecified atom stereocenters. The lowest BCUT2D eigenvalue weighted by Crippen LogP contribution is -2.47. The smallest absolute Gasteiger partial charge is 0.326 e. The molecule has 0 saturated heterocycles. The highest BCUT2D eigenvalue weighted by Gasteiger charge is 2.33. The fraction of sp³-hybridized carbons (Fsp3) is 0.190. The molecular weight excluding hydrogens is 429 g/mol. The van der Waals surface area contributed by atoms with E-state index >= 15 is 0 Å². The van der Waals surface area contributed by atoms with Crippen LogP contribution >= 0.6 is 23.2 Å². The number of imidazole rings is 1. The molecule has 9 heteroatoms. The Morgan fingerprint density at radius 1 is 1.13 bits per heavy atom. The second-order valence-corrected chi connectivity index (χ2v) is 7.30. The Balaban J connectivity index is 1.51. The molecule has 0 radical (unpaired) electrons. The molecule has 1 aliphatic rings. The average Bonchev–Trinajstić information content (AvgIpc) is 3.03. The Hall–Kier alpha value is -3.03. The number of anilines is 1. The molecule has 0 spiro atoms. The highest BCUT2D eigenvalue weighted by atomic mass is 35.5. The number of esters is 1. The van der Waals surface area contributed by atoms with Crippen LogP contribution in [-0.4, -0.2) is 34.1 Å². The Morgan fingerprint density at radius 2 is 1.83 bits per heavy atom. The van der Waals surface area contributed by atoms with Gasteiger partial charge in [-0.05, 0) is 42.8 Å². The standard InChI is InChI=1S/C21H17Cl2N3O4/c1-13-20(28)25(15-9-5-6-10-17(15)30-13)11-18(27)29-12-16-19(22)24-21(23)26(16)14-7-3-2-4-8-14/h2-10,13H,11-12H2,1H3/t13-/m1/s1. The van der Waals surface area contributed by atoms with E-state index in [4.69, 9.17) is 32.7 Å². The van der Waals surface area contributed by atoms with Crippen molar-refractivity contribution in [1.29, 1.82) is 0 Å². The largest absolute Gasteiger partial charge is 0.479 e. The van der Waals surface area contributed by atoms with E-state index in [1.807, 2.05) is 30.3 Å². The number of hydrogen-bond donors (Lipinski definition) is 0. The molecule has 30 heavy (non-hydrogen) atoms. The SMILES string of the molecule is C[C@H]1Oc2ccccc2N(CC(=O)OCc2c(Cl)nc(Cl)n2-c2ccccc2)C1=O. The second-order valence-electron chi connectivity index (χ2n) is 6.60. The normalized spacial score (nSPS) is 15.5. The lowest BCUT2D eigenvalue weighted by Gasteiger charge is -2.32. The molecule has 0 N–H and O–H groups in total. The van der Waals surface area contributed by atoms with Gasteiger partial charge in [0.05, 0.1) is 5.69 Å². The Labute approximate surface area is 182 Å². The van der Waals surface area contributed by atoms with E-state index in [1.165, 1.54) is 4.90 Å². The van der Waals surface area contributed by atoms with Crippen molar-refractivity contribution in [3.8, 4) is 11.4 Å². The number of fused-ring (bicyclic) bond motifs is 1. The molecule has 0 fully saturated rings. The van der Waals surface area contributed by atoms with Gasteiger partial charge in [0.15, 0.2) is 11.3 Å². The van der Waals surface area contributed by atoms with E-state index in [0.717, 1.165) is 5.69 Å². The Morgan fingerprint density at radius 3 is 2.60 bits per heavy atom. The molecule has 1 aromatic heterocycles. The van der Waals surface area contributed by atoms with Crippen LogP contribution < -0.4 is 9.64 Å². The zero-order chi connectivity index (χ0) is 21.3. The first-order valence-electron chi connectivity index (χ1n) is 9.16. The maximum Gasteiger partial charge on any atom is 0.326 e. The summed E-state index contributed by atoms with van der Waals surface area (Å²) < 4.78 is 12.6. The summed E-state index contributed by atoms with van der Waals surface area (Å²) in [6.07, 6.45) is -0.694. The van der Waals surface area contributed by atoms with Gasteiger partial charge >= 0.3 is 5.97 Å². The molecule has 1 amide bonds. The van der Waals surface area contributed by atoms with Crippen LogP contribution in [0.4, 0.5) is 5.69 Å². The number of halogens is 2. The van der Waals surface area contributed by atoms with Crippen molar-refractivity contribution in [2.45, 2.75) is 19.6 Å². The number of para-hydroxylation sites is 3. The van der Waals surface area contributed by atoms with E-state index < -0.39 is 12.1 Å². The van der Waals surface area contributed by atoms with Crippen LogP contribution in [0.15, 0.2) is 54.6 Å². The number of aromatic nitrogens is 2. The number of rotatable bonds is 5. The Bertz CT molecular complexity index is 1100. The first-order valence-corrected chi connectivity index (χ1v) is 9.92. The minimum Gasteiger partial charge on any atom is -0.479 e. The maximum atomic E-state index is 12.5. The van der Waals surface area contributed by atoms with Crippen molar-refractivity contribution in [2.24, 2.45) is 0 Å². The molecule has 7 nitrogen and oxygen atoms in total. The van der Waals surface area contributed by atoms with Crippen LogP contribution in [-0.2, 0) is 20.9 Å². The van der Waals surface area contributed by atoms with Crippen LogP contribution in [0, 0.1) is 0 Å². The fourth-order valence-electron chi connectivity index (χ4n) is 3.21. The van der Waals surface area contributed by atoms with Gasteiger partial charge in [-0.1, -0.05) is 41.9 Å². The lowest BCUT2D eigenvalue weighted by molar-refractivity contribution is -0.144. The number of nitrogens with zero attached hydrogens (tertiary/aromatic N) is 3. The summed E-state index contributed by atoms with van der Waals surface area (Å²) in [6, 6.07) is 16.3. The van der Waals surface area contributed by atoms with Gasteiger partial charge in [0.1, 0.15) is 24.6 Å². The molecule has 4 rings (SSSR count). The molecule has 0 bridgehead atoms. The van der Waals surface area contributed by atoms with Gasteiger partial charge in [0.25, 0.3) is 5.91 Å². The van der Waals surface area contributed by atoms with Crippen LogP contribution in [0.2, 0.25) is 10.4 Å². The van der Waals surface area contributed by atoms with Gasteiger partial charge in [-0.25, -0.2) is 4.98 Å². The first-order chi connectivity index (χ1) is 14.5. The molecule has 1 aliphatic heterocycles. The van der Waals surface area contributed by atoms with Crippen LogP contribution in [0.25, 0.3) is 5.69 Å². The van der Waals surface area contributed by atoms with Gasteiger partial charge in [0, 0.05) is 5.69 Å². The molecular formula is C21H17Cl2N3O4. The summed E-state index contributed by atoms with van der Waals surface area (Å²) in [6.45, 7) is 1.23. The summed E-state index contributed by atoms with van der Waals surface area (Å²) in [5, 5.41) is 0.293. The highest BCUT2D eigenvalue weighted by Crippen LogP contribution is 2.33. The Kier molecular flexibility index (Phi) is 5.65. The number of amides is 1. The maximum absolute atomic E-state index is 12.5. The molecule has 0 aliphatic carbocycles. The third-order valence-electron chi connectivity index (χ3n) is 4.63. The van der Waals surface area contributed by atoms with E-state index in [2.05, 4.69) is 4.98 Å². The molecule has 0 saturated carbocycles. The molecule has 3 aromatic rings. The van der Waals surface area contributed by atoms with Crippen LogP contribution in [0.1, 0.15) is 12.6 Å². The van der Waals surface area contributed by atoms with Crippen molar-refractivity contribution in [2.75, 3.05) is 11.4 Å². The molecule has 154 valence electrons. The van der Waals surface area contributed by atoms with Crippen molar-refractivity contribution >= 4 is 40.8 Å². The summed E-state index contributed by atoms with van der Waals surface area (Å²) in [5.41, 5.74) is 1.69. The number of ether oxygens (including phenoxy) is 2. The number of carbonyl (C=O) groups is 2. The van der Waals surface area contributed by atoms with E-state index in [0.29, 0.717) is 17.1 Å². The van der Waals surface area contributed by atoms with E-state index in [9.17, 15) is 9.59 Å². The van der Waals surface area contributed by atoms with Crippen molar-refractivity contribution in [3.63, 3.8) is 0 Å². The summed E-state index contributed by atoms with van der Waals surface area (Å²) in [7, 11) is 0. The molecule has 1 atom stereocenters. The van der Waals surface area contributed by atoms with Gasteiger partial charge in [0.2, 0.25) is 5.28 Å². The summed E-state index contributed by atoms with van der Waals surface area (Å²) >= 11 is 12.4. The average molecular weight is 446 g/mol. The monoisotopic (exact) mass is 445 g/mol. The number of benzene rings is 2. The predicted molar refractivity (Wildman–Crippen MR) is 112 cm³/mol. The molecule has 2 aromatic carbocycles. The van der Waals surface area contributed by atoms with Crippen LogP contribution in [0.3, 0.4) is 0 Å². The minimum atomic E-state index is -0.694. The lowest BCUT2D eigenvalue weighted by atomic mass is 10.2. The quantitative estimate of drug-likeness (QED) is 0.554. The zero-order valence-electron chi connectivity index (χ0n) is 15.9. The topological polar surface area (TPSA) is 73.7 Å². The second kappa shape index (κ2) is 8.38. The summed E-state index contributed by atoms with van der Waals surface area (Å²) in [4.78, 5) is 30.5. The number of hydrogen-bond acceptors (Lipinski definition) is 5. The fourth-order valence-corrected chi connectivity index (χ4v) is 3.75. The third-order valence-corrected chi connectivity index (χ3v) is 5.18. The van der Waals surface area contributed by atoms with E-state index in [1.54, 1.807) is 35.8 Å². The highest BCUT2D eigenvalue weighted by molar-refractivity contribution is 6.33. The van der Waals surface area contributed by atoms with Gasteiger partial charge in [-0.15, -0.1) is 0 Å². The predicted octanol–water partition coefficient (Wildman–Crippen LogP) is 4.04. The number of carbonyl (C=O) groups excluding carboxylic acids is 2. The van der Waals surface area contributed by atoms with Crippen molar-refractivity contribution in [3.05, 3.63) is 70.7 Å². The van der Waals surface area contributed by atoms with Crippen LogP contribution in [0.5, 0.6) is 5.75 Å². The molecule has 2 heterocycles. The van der Waals surface area contributed by atoms with Gasteiger partial charge < -0.3 is 9.47 Å². The zero-order valence-corrected chi connectivity index (χ0v) is 17.4. The summed E-state index contributed by atoms with van der Waals surface area (Å²) in [5.74, 6) is -0.379. The van der Waals surface area contributed by atoms with E-state index in [-0.39, 0.29) is 29.5 Å².